The van der Waals surface area contributed by atoms with Crippen LogP contribution in [0.2, 0.25) is 0 Å². The summed E-state index contributed by atoms with van der Waals surface area (Å²) in [6, 6.07) is 8.17. The van der Waals surface area contributed by atoms with Gasteiger partial charge in [-0.15, -0.1) is 23.7 Å². The van der Waals surface area contributed by atoms with E-state index in [0.717, 1.165) is 36.6 Å². The van der Waals surface area contributed by atoms with Gasteiger partial charge in [0.2, 0.25) is 0 Å². The van der Waals surface area contributed by atoms with Crippen LogP contribution in [-0.4, -0.2) is 42.5 Å². The van der Waals surface area contributed by atoms with Crippen molar-refractivity contribution in [2.75, 3.05) is 26.7 Å². The topological polar surface area (TPSA) is 45.2 Å². The predicted molar refractivity (Wildman–Crippen MR) is 102 cm³/mol. The third-order valence-electron chi connectivity index (χ3n) is 4.40. The summed E-state index contributed by atoms with van der Waals surface area (Å²) in [5, 5.41) is 6.04. The number of hydrogen-bond acceptors (Lipinski definition) is 4. The van der Waals surface area contributed by atoms with Crippen LogP contribution >= 0.6 is 23.7 Å². The summed E-state index contributed by atoms with van der Waals surface area (Å²) in [6.45, 7) is 4.72. The van der Waals surface area contributed by atoms with E-state index in [4.69, 9.17) is 0 Å². The van der Waals surface area contributed by atoms with Crippen molar-refractivity contribution >= 4 is 29.7 Å². The van der Waals surface area contributed by atoms with Crippen LogP contribution in [0.1, 0.15) is 28.9 Å². The number of carbonyl (C=O) groups excluding carboxylic acids is 1. The third kappa shape index (κ3) is 4.15. The van der Waals surface area contributed by atoms with Gasteiger partial charge < -0.3 is 10.2 Å². The Bertz CT molecular complexity index is 686. The maximum Gasteiger partial charge on any atom is 0.273 e. The molecule has 0 radical (unpaired) electrons. The first-order chi connectivity index (χ1) is 11.2. The number of aromatic nitrogens is 1. The summed E-state index contributed by atoms with van der Waals surface area (Å²) in [7, 11) is 1.97. The molecule has 1 aromatic heterocycles. The van der Waals surface area contributed by atoms with Crippen molar-refractivity contribution in [1.82, 2.24) is 15.2 Å². The number of nitrogens with one attached hydrogen (secondary N) is 1. The van der Waals surface area contributed by atoms with Crippen molar-refractivity contribution in [3.05, 3.63) is 40.9 Å². The van der Waals surface area contributed by atoms with Gasteiger partial charge in [-0.2, -0.15) is 0 Å². The fraction of sp³-hybridized carbons (Fsp3) is 0.444. The molecular formula is C18H24ClN3OS. The molecule has 4 nitrogen and oxygen atoms in total. The Kier molecular flexibility index (Phi) is 6.78. The summed E-state index contributed by atoms with van der Waals surface area (Å²) >= 11 is 1.55. The number of halogens is 1. The van der Waals surface area contributed by atoms with Crippen LogP contribution in [-0.2, 0) is 0 Å². The lowest BCUT2D eigenvalue weighted by molar-refractivity contribution is 0.0669. The first kappa shape index (κ1) is 18.9. The maximum atomic E-state index is 12.7. The molecule has 1 atom stereocenters. The van der Waals surface area contributed by atoms with E-state index in [2.05, 4.69) is 29.4 Å². The minimum atomic E-state index is 0. The fourth-order valence-corrected chi connectivity index (χ4v) is 4.06. The Labute approximate surface area is 153 Å². The Morgan fingerprint density at radius 1 is 1.42 bits per heavy atom. The minimum absolute atomic E-state index is 0. The van der Waals surface area contributed by atoms with Crippen LogP contribution in [0.4, 0.5) is 0 Å². The van der Waals surface area contributed by atoms with E-state index < -0.39 is 0 Å². The molecule has 1 saturated heterocycles. The number of rotatable bonds is 4. The Balaban J connectivity index is 0.00000208. The van der Waals surface area contributed by atoms with Gasteiger partial charge in [-0.25, -0.2) is 4.98 Å². The number of thiazole rings is 1. The summed E-state index contributed by atoms with van der Waals surface area (Å²) in [4.78, 5) is 19.3. The molecule has 1 amide bonds. The molecule has 2 heterocycles. The van der Waals surface area contributed by atoms with E-state index >= 15 is 0 Å². The molecule has 24 heavy (non-hydrogen) atoms. The van der Waals surface area contributed by atoms with E-state index in [0.29, 0.717) is 11.6 Å². The lowest BCUT2D eigenvalue weighted by atomic mass is 9.98. The van der Waals surface area contributed by atoms with E-state index in [1.807, 2.05) is 29.5 Å². The molecule has 0 spiro atoms. The molecule has 1 unspecified atom stereocenters. The van der Waals surface area contributed by atoms with Crippen molar-refractivity contribution in [1.29, 1.82) is 0 Å². The summed E-state index contributed by atoms with van der Waals surface area (Å²) in [5.74, 6) is 0.620. The van der Waals surface area contributed by atoms with Crippen LogP contribution < -0.4 is 5.32 Å². The average Bonchev–Trinajstić information content (AvgIpc) is 3.05. The molecular weight excluding hydrogens is 342 g/mol. The molecule has 1 aliphatic heterocycles. The van der Waals surface area contributed by atoms with E-state index in [1.54, 1.807) is 11.3 Å². The SMILES string of the molecule is CNCC1CCCN(C(=O)c2csc(-c3ccccc3C)n2)C1.Cl. The first-order valence-electron chi connectivity index (χ1n) is 8.14. The monoisotopic (exact) mass is 365 g/mol. The highest BCUT2D eigenvalue weighted by Gasteiger charge is 2.25. The highest BCUT2D eigenvalue weighted by molar-refractivity contribution is 7.13. The zero-order chi connectivity index (χ0) is 16.2. The maximum absolute atomic E-state index is 12.7. The lowest BCUT2D eigenvalue weighted by Crippen LogP contribution is -2.42. The number of carbonyl (C=O) groups is 1. The quantitative estimate of drug-likeness (QED) is 0.900. The van der Waals surface area contributed by atoms with E-state index in [-0.39, 0.29) is 18.3 Å². The Morgan fingerprint density at radius 2 is 2.21 bits per heavy atom. The molecule has 0 bridgehead atoms. The van der Waals surface area contributed by atoms with E-state index in [9.17, 15) is 4.79 Å². The van der Waals surface area contributed by atoms with Crippen LogP contribution in [0.3, 0.4) is 0 Å². The van der Waals surface area contributed by atoms with Crippen molar-refractivity contribution in [3.8, 4) is 10.6 Å². The van der Waals surface area contributed by atoms with E-state index in [1.165, 1.54) is 12.0 Å². The van der Waals surface area contributed by atoms with Gasteiger partial charge in [0.25, 0.3) is 5.91 Å². The van der Waals surface area contributed by atoms with Crippen molar-refractivity contribution in [3.63, 3.8) is 0 Å². The zero-order valence-corrected chi connectivity index (χ0v) is 15.8. The first-order valence-corrected chi connectivity index (χ1v) is 9.02. The number of hydrogen-bond donors (Lipinski definition) is 1. The minimum Gasteiger partial charge on any atom is -0.337 e. The van der Waals surface area contributed by atoms with Gasteiger partial charge >= 0.3 is 0 Å². The van der Waals surface area contributed by atoms with Crippen molar-refractivity contribution in [2.24, 2.45) is 5.92 Å². The lowest BCUT2D eigenvalue weighted by Gasteiger charge is -2.32. The molecule has 3 rings (SSSR count). The highest BCUT2D eigenvalue weighted by Crippen LogP contribution is 2.27. The zero-order valence-electron chi connectivity index (χ0n) is 14.1. The Morgan fingerprint density at radius 3 is 2.96 bits per heavy atom. The molecule has 1 N–H and O–H groups in total. The van der Waals surface area contributed by atoms with Gasteiger partial charge in [0.15, 0.2) is 0 Å². The van der Waals surface area contributed by atoms with Gasteiger partial charge in [0.05, 0.1) is 0 Å². The highest BCUT2D eigenvalue weighted by atomic mass is 35.5. The number of likely N-dealkylation sites (tertiary alicyclic amines) is 1. The summed E-state index contributed by atoms with van der Waals surface area (Å²) < 4.78 is 0. The van der Waals surface area contributed by atoms with Gasteiger partial charge in [0.1, 0.15) is 10.7 Å². The molecule has 0 saturated carbocycles. The summed E-state index contributed by atoms with van der Waals surface area (Å²) in [5.41, 5.74) is 2.88. The van der Waals surface area contributed by atoms with Crippen LogP contribution in [0.15, 0.2) is 29.6 Å². The third-order valence-corrected chi connectivity index (χ3v) is 5.27. The molecule has 6 heteroatoms. The average molecular weight is 366 g/mol. The van der Waals surface area contributed by atoms with Gasteiger partial charge in [-0.3, -0.25) is 4.79 Å². The van der Waals surface area contributed by atoms with Crippen LogP contribution in [0.5, 0.6) is 0 Å². The standard InChI is InChI=1S/C18H23N3OS.ClH/c1-13-6-3-4-8-15(13)17-20-16(12-23-17)18(22)21-9-5-7-14(11-21)10-19-2;/h3-4,6,8,12,14,19H,5,7,9-11H2,1-2H3;1H. The molecule has 0 aliphatic carbocycles. The molecule has 130 valence electrons. The number of amides is 1. The molecule has 1 aromatic carbocycles. The van der Waals surface area contributed by atoms with Crippen molar-refractivity contribution < 1.29 is 4.79 Å². The second-order valence-corrected chi connectivity index (χ2v) is 7.03. The molecule has 1 aliphatic rings. The second-order valence-electron chi connectivity index (χ2n) is 6.17. The van der Waals surface area contributed by atoms with Gasteiger partial charge in [0, 0.05) is 24.0 Å². The van der Waals surface area contributed by atoms with Gasteiger partial charge in [-0.1, -0.05) is 24.3 Å². The van der Waals surface area contributed by atoms with Gasteiger partial charge in [-0.05, 0) is 44.8 Å². The number of benzene rings is 1. The summed E-state index contributed by atoms with van der Waals surface area (Å²) in [6.07, 6.45) is 2.27. The fourth-order valence-electron chi connectivity index (χ4n) is 3.18. The molecule has 2 aromatic rings. The van der Waals surface area contributed by atoms with Crippen molar-refractivity contribution in [2.45, 2.75) is 19.8 Å². The Hall–Kier alpha value is -1.43. The number of nitrogens with zero attached hydrogens (tertiary/aromatic N) is 2. The number of aryl methyl sites for hydroxylation is 1. The number of piperidine rings is 1. The largest absolute Gasteiger partial charge is 0.337 e. The predicted octanol–water partition coefficient (Wildman–Crippen LogP) is 3.61. The van der Waals surface area contributed by atoms with Crippen LogP contribution in [0.25, 0.3) is 10.6 Å². The second kappa shape index (κ2) is 8.60. The smallest absolute Gasteiger partial charge is 0.273 e. The normalized spacial score (nSPS) is 17.4. The molecule has 1 fully saturated rings. The van der Waals surface area contributed by atoms with Crippen LogP contribution in [0, 0.1) is 12.8 Å².